The number of amides is 1. The molecule has 0 aromatic rings. The van der Waals surface area contributed by atoms with Gasteiger partial charge in [-0.2, -0.15) is 0 Å². The van der Waals surface area contributed by atoms with Crippen LogP contribution in [0.15, 0.2) is 0 Å². The fourth-order valence-corrected chi connectivity index (χ4v) is 3.21. The number of carbonyl (C=O) groups is 1. The first-order valence-corrected chi connectivity index (χ1v) is 7.25. The number of nitrogens with zero attached hydrogens (tertiary/aromatic N) is 1. The van der Waals surface area contributed by atoms with E-state index in [4.69, 9.17) is 0 Å². The highest BCUT2D eigenvalue weighted by atomic mass is 16.2. The van der Waals surface area contributed by atoms with E-state index in [1.54, 1.807) is 0 Å². The molecule has 1 N–H and O–H groups in total. The first-order chi connectivity index (χ1) is 8.23. The Morgan fingerprint density at radius 1 is 1.41 bits per heavy atom. The maximum atomic E-state index is 12.8. The van der Waals surface area contributed by atoms with Gasteiger partial charge in [0.2, 0.25) is 5.91 Å². The summed E-state index contributed by atoms with van der Waals surface area (Å²) >= 11 is 0. The van der Waals surface area contributed by atoms with Gasteiger partial charge in [-0.1, -0.05) is 13.3 Å². The molecule has 2 rings (SSSR count). The van der Waals surface area contributed by atoms with Crippen molar-refractivity contribution in [3.05, 3.63) is 0 Å². The van der Waals surface area contributed by atoms with E-state index >= 15 is 0 Å². The molecule has 1 unspecified atom stereocenters. The van der Waals surface area contributed by atoms with Crippen LogP contribution in [0.25, 0.3) is 0 Å². The molecule has 1 saturated heterocycles. The highest BCUT2D eigenvalue weighted by molar-refractivity contribution is 5.83. The summed E-state index contributed by atoms with van der Waals surface area (Å²) in [6.45, 7) is 7.16. The second kappa shape index (κ2) is 5.38. The Bertz CT molecular complexity index is 262. The van der Waals surface area contributed by atoms with Crippen LogP contribution in [0, 0.1) is 5.41 Å². The van der Waals surface area contributed by atoms with E-state index in [1.165, 1.54) is 12.8 Å². The van der Waals surface area contributed by atoms with E-state index in [-0.39, 0.29) is 5.41 Å². The van der Waals surface area contributed by atoms with E-state index in [0.717, 1.165) is 45.3 Å². The molecule has 0 spiro atoms. The average molecular weight is 238 g/mol. The van der Waals surface area contributed by atoms with Crippen molar-refractivity contribution >= 4 is 5.91 Å². The molecule has 1 atom stereocenters. The summed E-state index contributed by atoms with van der Waals surface area (Å²) in [6.07, 6.45) is 6.81. The largest absolute Gasteiger partial charge is 0.339 e. The number of rotatable bonds is 5. The van der Waals surface area contributed by atoms with Gasteiger partial charge in [0.05, 0.1) is 5.41 Å². The third-order valence-electron chi connectivity index (χ3n) is 4.24. The third-order valence-corrected chi connectivity index (χ3v) is 4.24. The molecule has 1 aliphatic carbocycles. The Morgan fingerprint density at radius 3 is 2.65 bits per heavy atom. The van der Waals surface area contributed by atoms with E-state index < -0.39 is 0 Å². The van der Waals surface area contributed by atoms with Crippen molar-refractivity contribution in [1.82, 2.24) is 10.2 Å². The Balaban J connectivity index is 2.10. The van der Waals surface area contributed by atoms with Crippen molar-refractivity contribution in [2.45, 2.75) is 58.4 Å². The van der Waals surface area contributed by atoms with Gasteiger partial charge < -0.3 is 10.2 Å². The van der Waals surface area contributed by atoms with Crippen molar-refractivity contribution in [2.75, 3.05) is 19.6 Å². The molecule has 2 aliphatic rings. The Hall–Kier alpha value is -0.570. The van der Waals surface area contributed by atoms with Crippen LogP contribution >= 0.6 is 0 Å². The summed E-state index contributed by atoms with van der Waals surface area (Å²) < 4.78 is 0. The van der Waals surface area contributed by atoms with Gasteiger partial charge in [0.15, 0.2) is 0 Å². The molecule has 0 aromatic heterocycles. The fraction of sp³-hybridized carbons (Fsp3) is 0.929. The lowest BCUT2D eigenvalue weighted by atomic mass is 9.75. The quantitative estimate of drug-likeness (QED) is 0.796. The van der Waals surface area contributed by atoms with Gasteiger partial charge >= 0.3 is 0 Å². The fourth-order valence-electron chi connectivity index (χ4n) is 3.21. The smallest absolute Gasteiger partial charge is 0.230 e. The van der Waals surface area contributed by atoms with Gasteiger partial charge in [-0.25, -0.2) is 0 Å². The summed E-state index contributed by atoms with van der Waals surface area (Å²) in [7, 11) is 0. The van der Waals surface area contributed by atoms with E-state index in [9.17, 15) is 4.79 Å². The second-order valence-corrected chi connectivity index (χ2v) is 5.63. The topological polar surface area (TPSA) is 32.3 Å². The van der Waals surface area contributed by atoms with Crippen molar-refractivity contribution in [2.24, 2.45) is 5.41 Å². The van der Waals surface area contributed by atoms with Crippen LogP contribution in [0.5, 0.6) is 0 Å². The van der Waals surface area contributed by atoms with Crippen LogP contribution in [-0.4, -0.2) is 36.5 Å². The van der Waals surface area contributed by atoms with Crippen molar-refractivity contribution in [3.63, 3.8) is 0 Å². The Labute approximate surface area is 105 Å². The van der Waals surface area contributed by atoms with Crippen LogP contribution < -0.4 is 5.32 Å². The first kappa shape index (κ1) is 12.9. The predicted molar refractivity (Wildman–Crippen MR) is 69.9 cm³/mol. The maximum Gasteiger partial charge on any atom is 0.230 e. The summed E-state index contributed by atoms with van der Waals surface area (Å²) in [5, 5.41) is 3.43. The minimum atomic E-state index is -0.0917. The average Bonchev–Trinajstić information content (AvgIpc) is 3.16. The predicted octanol–water partition coefficient (Wildman–Crippen LogP) is 2.17. The SMILES string of the molecule is CCCC1(C(=O)N(CC)C2CC2)CCCNC1. The maximum absolute atomic E-state index is 12.8. The lowest BCUT2D eigenvalue weighted by molar-refractivity contribution is -0.144. The van der Waals surface area contributed by atoms with Gasteiger partial charge in [0.25, 0.3) is 0 Å². The molecule has 3 nitrogen and oxygen atoms in total. The van der Waals surface area contributed by atoms with Crippen LogP contribution in [0.3, 0.4) is 0 Å². The highest BCUT2D eigenvalue weighted by Gasteiger charge is 2.44. The number of nitrogens with one attached hydrogen (secondary N) is 1. The van der Waals surface area contributed by atoms with Crippen molar-refractivity contribution in [1.29, 1.82) is 0 Å². The summed E-state index contributed by atoms with van der Waals surface area (Å²) in [5.74, 6) is 0.427. The van der Waals surface area contributed by atoms with Gasteiger partial charge in [-0.15, -0.1) is 0 Å². The monoisotopic (exact) mass is 238 g/mol. The number of hydrogen-bond acceptors (Lipinski definition) is 2. The Morgan fingerprint density at radius 2 is 2.18 bits per heavy atom. The number of piperidine rings is 1. The number of carbonyl (C=O) groups excluding carboxylic acids is 1. The molecule has 17 heavy (non-hydrogen) atoms. The van der Waals surface area contributed by atoms with Crippen molar-refractivity contribution in [3.8, 4) is 0 Å². The summed E-state index contributed by atoms with van der Waals surface area (Å²) in [6, 6.07) is 0.558. The zero-order chi connectivity index (χ0) is 12.3. The third kappa shape index (κ3) is 2.65. The van der Waals surface area contributed by atoms with Crippen molar-refractivity contribution < 1.29 is 4.79 Å². The summed E-state index contributed by atoms with van der Waals surface area (Å²) in [5.41, 5.74) is -0.0917. The molecule has 0 aromatic carbocycles. The molecular weight excluding hydrogens is 212 g/mol. The molecule has 0 radical (unpaired) electrons. The van der Waals surface area contributed by atoms with Crippen LogP contribution in [0.4, 0.5) is 0 Å². The molecule has 1 aliphatic heterocycles. The van der Waals surface area contributed by atoms with E-state index in [2.05, 4.69) is 24.1 Å². The highest BCUT2D eigenvalue weighted by Crippen LogP contribution is 2.37. The van der Waals surface area contributed by atoms with Crippen LogP contribution in [0.1, 0.15) is 52.4 Å². The summed E-state index contributed by atoms with van der Waals surface area (Å²) in [4.78, 5) is 15.0. The lowest BCUT2D eigenvalue weighted by Crippen LogP contribution is -2.52. The Kier molecular flexibility index (Phi) is 4.08. The van der Waals surface area contributed by atoms with E-state index in [0.29, 0.717) is 11.9 Å². The zero-order valence-electron chi connectivity index (χ0n) is 11.3. The van der Waals surface area contributed by atoms with Gasteiger partial charge in [-0.3, -0.25) is 4.79 Å². The molecule has 3 heteroatoms. The molecule has 1 heterocycles. The first-order valence-electron chi connectivity index (χ1n) is 7.25. The van der Waals surface area contributed by atoms with E-state index in [1.807, 2.05) is 0 Å². The standard InChI is InChI=1S/C14H26N2O/c1-3-8-14(9-5-10-15-11-14)13(17)16(4-2)12-6-7-12/h12,15H,3-11H2,1-2H3. The lowest BCUT2D eigenvalue weighted by Gasteiger charge is -2.40. The minimum Gasteiger partial charge on any atom is -0.339 e. The van der Waals surface area contributed by atoms with Gasteiger partial charge in [-0.05, 0) is 45.6 Å². The van der Waals surface area contributed by atoms with Gasteiger partial charge in [0.1, 0.15) is 0 Å². The molecule has 1 saturated carbocycles. The number of hydrogen-bond donors (Lipinski definition) is 1. The molecular formula is C14H26N2O. The van der Waals surface area contributed by atoms with Crippen LogP contribution in [0.2, 0.25) is 0 Å². The molecule has 98 valence electrons. The van der Waals surface area contributed by atoms with Crippen LogP contribution in [-0.2, 0) is 4.79 Å². The molecule has 1 amide bonds. The zero-order valence-corrected chi connectivity index (χ0v) is 11.3. The minimum absolute atomic E-state index is 0.0917. The molecule has 2 fully saturated rings. The second-order valence-electron chi connectivity index (χ2n) is 5.63. The molecule has 0 bridgehead atoms. The normalized spacial score (nSPS) is 29.1. The van der Waals surface area contributed by atoms with Gasteiger partial charge in [0, 0.05) is 19.1 Å².